The molecule has 1 N–H and O–H groups in total. The van der Waals surface area contributed by atoms with Crippen LogP contribution in [0.2, 0.25) is 45.8 Å². The monoisotopic (exact) mass is 325 g/mol. The first-order chi connectivity index (χ1) is 8.10. The number of rotatable bonds is 9. The zero-order chi connectivity index (χ0) is 14.4. The second-order valence-electron chi connectivity index (χ2n) is 5.73. The third-order valence-corrected chi connectivity index (χ3v) is 14.0. The van der Waals surface area contributed by atoms with Crippen molar-refractivity contribution >= 4 is 35.4 Å². The van der Waals surface area contributed by atoms with Crippen molar-refractivity contribution in [2.24, 2.45) is 0 Å². The highest BCUT2D eigenvalue weighted by Gasteiger charge is 2.42. The lowest BCUT2D eigenvalue weighted by atomic mass is 10.5. The second-order valence-corrected chi connectivity index (χ2v) is 17.7. The molecule has 0 bridgehead atoms. The lowest BCUT2D eigenvalue weighted by Crippen LogP contribution is -2.60. The van der Waals surface area contributed by atoms with Gasteiger partial charge in [0.25, 0.3) is 8.48 Å². The van der Waals surface area contributed by atoms with Gasteiger partial charge in [-0.2, -0.15) is 0 Å². The largest absolute Gasteiger partial charge is 0.466 e. The van der Waals surface area contributed by atoms with Crippen LogP contribution in [0.15, 0.2) is 0 Å². The predicted octanol–water partition coefficient (Wildman–Crippen LogP) is 2.27. The molecule has 0 unspecified atom stereocenters. The Labute approximate surface area is 118 Å². The van der Waals surface area contributed by atoms with E-state index in [0.717, 1.165) is 13.0 Å². The summed E-state index contributed by atoms with van der Waals surface area (Å²) < 4.78 is 18.6. The van der Waals surface area contributed by atoms with E-state index in [1.807, 2.05) is 0 Å². The Morgan fingerprint density at radius 3 is 1.72 bits per heavy atom. The Balaban J connectivity index is 4.65. The van der Waals surface area contributed by atoms with E-state index in [0.29, 0.717) is 0 Å². The average Bonchev–Trinajstić information content (AvgIpc) is 2.09. The van der Waals surface area contributed by atoms with Crippen molar-refractivity contribution in [1.82, 2.24) is 4.98 Å². The highest BCUT2D eigenvalue weighted by Crippen LogP contribution is 2.17. The first kappa shape index (κ1) is 18.7. The van der Waals surface area contributed by atoms with Crippen LogP contribution < -0.4 is 4.98 Å². The first-order valence-electron chi connectivity index (χ1n) is 6.91. The van der Waals surface area contributed by atoms with Gasteiger partial charge < -0.3 is 17.3 Å². The minimum atomic E-state index is -2.44. The van der Waals surface area contributed by atoms with Crippen LogP contribution in [0, 0.1) is 0 Å². The average molecular weight is 326 g/mol. The van der Waals surface area contributed by atoms with E-state index in [-0.39, 0.29) is 0 Å². The van der Waals surface area contributed by atoms with Crippen molar-refractivity contribution in [3.05, 3.63) is 0 Å². The van der Waals surface area contributed by atoms with Crippen molar-refractivity contribution in [3.63, 3.8) is 0 Å². The van der Waals surface area contributed by atoms with E-state index < -0.39 is 35.4 Å². The molecular formula is C10H31NO3Si4. The minimum Gasteiger partial charge on any atom is -0.420 e. The van der Waals surface area contributed by atoms with Crippen LogP contribution in [-0.4, -0.2) is 41.9 Å². The highest BCUT2D eigenvalue weighted by atomic mass is 28.5. The second kappa shape index (κ2) is 8.10. The maximum absolute atomic E-state index is 6.34. The van der Waals surface area contributed by atoms with Crippen molar-refractivity contribution < 1.29 is 12.3 Å². The van der Waals surface area contributed by atoms with Crippen LogP contribution in [0.3, 0.4) is 0 Å². The topological polar surface area (TPSA) is 39.7 Å². The van der Waals surface area contributed by atoms with Gasteiger partial charge in [-0.05, 0) is 52.2 Å². The van der Waals surface area contributed by atoms with E-state index in [2.05, 4.69) is 57.7 Å². The Kier molecular flexibility index (Phi) is 8.42. The molecule has 0 aromatic carbocycles. The standard InChI is InChI=1S/C10H31NO3Si4/c1-9-10-11-17(6,7)14-18(8,12-15(2)3)13-16(4)5/h11,15-16H,9-10H2,1-8H3. The molecular weight excluding hydrogens is 294 g/mol. The Morgan fingerprint density at radius 1 is 0.944 bits per heavy atom. The molecule has 0 heterocycles. The van der Waals surface area contributed by atoms with Crippen molar-refractivity contribution in [1.29, 1.82) is 0 Å². The van der Waals surface area contributed by atoms with Gasteiger partial charge in [-0.1, -0.05) is 6.92 Å². The third-order valence-electron chi connectivity index (χ3n) is 2.14. The molecule has 0 saturated heterocycles. The molecule has 0 aromatic rings. The molecule has 0 fully saturated rings. The molecule has 18 heavy (non-hydrogen) atoms. The quantitative estimate of drug-likeness (QED) is 0.660. The maximum atomic E-state index is 6.34. The highest BCUT2D eigenvalue weighted by molar-refractivity contribution is 6.83. The fraction of sp³-hybridized carbons (Fsp3) is 1.00. The molecule has 8 heteroatoms. The fourth-order valence-corrected chi connectivity index (χ4v) is 15.5. The first-order valence-corrected chi connectivity index (χ1v) is 17.6. The van der Waals surface area contributed by atoms with Gasteiger partial charge in [0.1, 0.15) is 0 Å². The van der Waals surface area contributed by atoms with Crippen LogP contribution in [0.5, 0.6) is 0 Å². The normalized spacial score (nSPS) is 13.7. The zero-order valence-corrected chi connectivity index (χ0v) is 17.6. The van der Waals surface area contributed by atoms with Gasteiger partial charge >= 0.3 is 8.80 Å². The molecule has 0 radical (unpaired) electrons. The van der Waals surface area contributed by atoms with Crippen LogP contribution >= 0.6 is 0 Å². The van der Waals surface area contributed by atoms with Gasteiger partial charge in [-0.25, -0.2) is 0 Å². The molecule has 0 spiro atoms. The smallest absolute Gasteiger partial charge is 0.420 e. The molecule has 0 amide bonds. The number of nitrogens with one attached hydrogen (secondary N) is 1. The lowest BCUT2D eigenvalue weighted by Gasteiger charge is -2.37. The van der Waals surface area contributed by atoms with E-state index in [9.17, 15) is 0 Å². The summed E-state index contributed by atoms with van der Waals surface area (Å²) in [5.74, 6) is 0. The summed E-state index contributed by atoms with van der Waals surface area (Å²) in [7, 11) is -6.61. The SMILES string of the molecule is CCCN[Si](C)(C)O[Si](C)(O[SiH](C)C)O[SiH](C)C. The third kappa shape index (κ3) is 8.75. The molecule has 0 aliphatic carbocycles. The number of hydrogen-bond donors (Lipinski definition) is 1. The Morgan fingerprint density at radius 2 is 1.39 bits per heavy atom. The molecule has 0 rings (SSSR count). The van der Waals surface area contributed by atoms with Crippen molar-refractivity contribution in [2.45, 2.75) is 59.2 Å². The summed E-state index contributed by atoms with van der Waals surface area (Å²) in [4.78, 5) is 3.53. The fourth-order valence-electron chi connectivity index (χ4n) is 1.86. The van der Waals surface area contributed by atoms with Crippen LogP contribution in [0.4, 0.5) is 0 Å². The lowest BCUT2D eigenvalue weighted by molar-refractivity contribution is 0.268. The summed E-state index contributed by atoms with van der Waals surface area (Å²) in [6.07, 6.45) is 1.12. The summed E-state index contributed by atoms with van der Waals surface area (Å²) in [5, 5.41) is 0. The minimum absolute atomic E-state index is 1.00. The van der Waals surface area contributed by atoms with Gasteiger partial charge in [0.05, 0.1) is 0 Å². The van der Waals surface area contributed by atoms with Crippen LogP contribution in [0.25, 0.3) is 0 Å². The predicted molar refractivity (Wildman–Crippen MR) is 88.4 cm³/mol. The Bertz CT molecular complexity index is 229. The molecule has 4 nitrogen and oxygen atoms in total. The zero-order valence-electron chi connectivity index (χ0n) is 13.3. The van der Waals surface area contributed by atoms with E-state index in [1.54, 1.807) is 0 Å². The summed E-state index contributed by atoms with van der Waals surface area (Å²) in [6.45, 7) is 18.3. The molecule has 0 atom stereocenters. The maximum Gasteiger partial charge on any atom is 0.466 e. The number of hydrogen-bond acceptors (Lipinski definition) is 4. The van der Waals surface area contributed by atoms with E-state index >= 15 is 0 Å². The van der Waals surface area contributed by atoms with Crippen LogP contribution in [-0.2, 0) is 12.3 Å². The van der Waals surface area contributed by atoms with Gasteiger partial charge in [0.2, 0.25) is 0 Å². The summed E-state index contributed by atoms with van der Waals surface area (Å²) >= 11 is 0. The van der Waals surface area contributed by atoms with Gasteiger partial charge in [0, 0.05) is 6.55 Å². The van der Waals surface area contributed by atoms with E-state index in [4.69, 9.17) is 12.3 Å². The van der Waals surface area contributed by atoms with Crippen LogP contribution in [0.1, 0.15) is 13.3 Å². The van der Waals surface area contributed by atoms with E-state index in [1.165, 1.54) is 0 Å². The summed E-state index contributed by atoms with van der Waals surface area (Å²) in [5.41, 5.74) is 0. The molecule has 0 aromatic heterocycles. The summed E-state index contributed by atoms with van der Waals surface area (Å²) in [6, 6.07) is 0. The molecule has 0 aliphatic rings. The molecule has 110 valence electrons. The molecule has 0 saturated carbocycles. The Hall–Kier alpha value is 0.708. The van der Waals surface area contributed by atoms with Crippen molar-refractivity contribution in [2.75, 3.05) is 6.54 Å². The van der Waals surface area contributed by atoms with Gasteiger partial charge in [0.15, 0.2) is 18.1 Å². The van der Waals surface area contributed by atoms with Crippen molar-refractivity contribution in [3.8, 4) is 0 Å². The van der Waals surface area contributed by atoms with Gasteiger partial charge in [-0.15, -0.1) is 0 Å². The molecule has 0 aliphatic heterocycles. The van der Waals surface area contributed by atoms with Gasteiger partial charge in [-0.3, -0.25) is 0 Å².